The molecule has 0 saturated carbocycles. The Labute approximate surface area is 206 Å². The van der Waals surface area contributed by atoms with Gasteiger partial charge in [-0.2, -0.15) is 0 Å². The van der Waals surface area contributed by atoms with E-state index >= 15 is 0 Å². The van der Waals surface area contributed by atoms with Crippen LogP contribution in [-0.2, 0) is 10.0 Å². The van der Waals surface area contributed by atoms with Crippen molar-refractivity contribution in [3.8, 4) is 5.75 Å². The van der Waals surface area contributed by atoms with E-state index in [2.05, 4.69) is 15.4 Å². The number of ether oxygens (including phenoxy) is 1. The minimum absolute atomic E-state index is 0.0162. The van der Waals surface area contributed by atoms with Crippen molar-refractivity contribution < 1.29 is 26.7 Å². The van der Waals surface area contributed by atoms with Gasteiger partial charge in [-0.1, -0.05) is 12.1 Å². The molecule has 0 fully saturated rings. The van der Waals surface area contributed by atoms with E-state index in [-0.39, 0.29) is 11.3 Å². The second-order valence-corrected chi connectivity index (χ2v) is 9.29. The summed E-state index contributed by atoms with van der Waals surface area (Å²) in [5.74, 6) is -2.28. The topological polar surface area (TPSA) is 96.5 Å². The first-order valence-electron chi connectivity index (χ1n) is 10.6. The van der Waals surface area contributed by atoms with Crippen LogP contribution in [0, 0.1) is 11.6 Å². The molecule has 7 nitrogen and oxygen atoms in total. The number of benzene rings is 4. The lowest BCUT2D eigenvalue weighted by molar-refractivity contribution is 0.102. The van der Waals surface area contributed by atoms with Gasteiger partial charge in [0.2, 0.25) is 0 Å². The van der Waals surface area contributed by atoms with Crippen LogP contribution in [0.4, 0.5) is 31.5 Å². The van der Waals surface area contributed by atoms with Crippen LogP contribution in [0.25, 0.3) is 0 Å². The molecule has 0 spiro atoms. The van der Waals surface area contributed by atoms with Crippen LogP contribution in [0.5, 0.6) is 5.75 Å². The van der Waals surface area contributed by atoms with Crippen molar-refractivity contribution in [1.82, 2.24) is 0 Å². The lowest BCUT2D eigenvalue weighted by atomic mass is 10.1. The second kappa shape index (κ2) is 10.4. The highest BCUT2D eigenvalue weighted by Gasteiger charge is 2.20. The third-order valence-electron chi connectivity index (χ3n) is 5.14. The Hall–Kier alpha value is -4.44. The molecule has 0 aliphatic carbocycles. The fraction of sp³-hybridized carbons (Fsp3) is 0.0385. The Morgan fingerprint density at radius 2 is 1.39 bits per heavy atom. The fourth-order valence-electron chi connectivity index (χ4n) is 3.29. The summed E-state index contributed by atoms with van der Waals surface area (Å²) in [6.07, 6.45) is 0. The molecule has 4 rings (SSSR count). The highest BCUT2D eigenvalue weighted by Crippen LogP contribution is 2.24. The number of amides is 1. The molecule has 0 radical (unpaired) electrons. The van der Waals surface area contributed by atoms with E-state index in [1.54, 1.807) is 43.5 Å². The molecule has 0 saturated heterocycles. The Kier molecular flexibility index (Phi) is 7.16. The predicted octanol–water partition coefficient (Wildman–Crippen LogP) is 5.77. The maximum Gasteiger partial charge on any atom is 0.262 e. The summed E-state index contributed by atoms with van der Waals surface area (Å²) in [5.41, 5.74) is 2.16. The molecule has 3 N–H and O–H groups in total. The van der Waals surface area contributed by atoms with Crippen molar-refractivity contribution in [1.29, 1.82) is 0 Å². The number of carbonyl (C=O) groups is 1. The van der Waals surface area contributed by atoms with Gasteiger partial charge in [0.05, 0.1) is 23.3 Å². The largest absolute Gasteiger partial charge is 0.497 e. The highest BCUT2D eigenvalue weighted by atomic mass is 32.2. The Morgan fingerprint density at radius 3 is 2.03 bits per heavy atom. The average molecular weight is 510 g/mol. The van der Waals surface area contributed by atoms with Crippen LogP contribution in [-0.4, -0.2) is 21.4 Å². The van der Waals surface area contributed by atoms with Gasteiger partial charge in [0.15, 0.2) is 11.6 Å². The van der Waals surface area contributed by atoms with Gasteiger partial charge in [0, 0.05) is 17.1 Å². The number of rotatable bonds is 8. The minimum atomic E-state index is -4.27. The molecule has 0 bridgehead atoms. The zero-order valence-corrected chi connectivity index (χ0v) is 19.8. The third-order valence-corrected chi connectivity index (χ3v) is 6.50. The quantitative estimate of drug-likeness (QED) is 0.280. The number of methoxy groups -OCH3 is 1. The van der Waals surface area contributed by atoms with E-state index in [1.807, 2.05) is 24.3 Å². The van der Waals surface area contributed by atoms with E-state index in [0.29, 0.717) is 11.8 Å². The number of hydrogen-bond donors (Lipinski definition) is 3. The summed E-state index contributed by atoms with van der Waals surface area (Å²) in [7, 11) is -2.68. The maximum absolute atomic E-state index is 13.5. The fourth-order valence-corrected chi connectivity index (χ4v) is 4.39. The zero-order valence-electron chi connectivity index (χ0n) is 19.0. The monoisotopic (exact) mass is 509 g/mol. The molecule has 1 amide bonds. The summed E-state index contributed by atoms with van der Waals surface area (Å²) in [6, 6.07) is 22.5. The summed E-state index contributed by atoms with van der Waals surface area (Å²) in [6.45, 7) is 0. The van der Waals surface area contributed by atoms with E-state index < -0.39 is 32.5 Å². The molecule has 0 heterocycles. The van der Waals surface area contributed by atoms with Gasteiger partial charge in [-0.05, 0) is 78.9 Å². The molecule has 0 aliphatic heterocycles. The molecule has 4 aromatic carbocycles. The van der Waals surface area contributed by atoms with Gasteiger partial charge in [0.1, 0.15) is 5.75 Å². The van der Waals surface area contributed by atoms with Gasteiger partial charge in [0.25, 0.3) is 15.9 Å². The van der Waals surface area contributed by atoms with Gasteiger partial charge in [-0.3, -0.25) is 9.52 Å². The van der Waals surface area contributed by atoms with Crippen molar-refractivity contribution in [2.75, 3.05) is 22.5 Å². The molecular weight excluding hydrogens is 488 g/mol. The normalized spacial score (nSPS) is 11.0. The standard InChI is InChI=1S/C26H21F2N3O4S/c1-35-20-12-10-18(11-13-20)29-17-6-8-19(9-7-17)30-26(32)22-4-2-3-5-25(22)31-36(33,34)21-14-15-23(27)24(28)16-21/h2-16,29,31H,1H3,(H,30,32). The van der Waals surface area contributed by atoms with E-state index in [4.69, 9.17) is 4.74 Å². The molecule has 0 unspecified atom stereocenters. The summed E-state index contributed by atoms with van der Waals surface area (Å²) >= 11 is 0. The smallest absolute Gasteiger partial charge is 0.262 e. The summed E-state index contributed by atoms with van der Waals surface area (Å²) < 4.78 is 59.5. The summed E-state index contributed by atoms with van der Waals surface area (Å²) in [4.78, 5) is 12.4. The molecule has 36 heavy (non-hydrogen) atoms. The van der Waals surface area contributed by atoms with Crippen LogP contribution >= 0.6 is 0 Å². The Bertz CT molecular complexity index is 1490. The van der Waals surface area contributed by atoms with Crippen molar-refractivity contribution in [2.45, 2.75) is 4.90 Å². The molecule has 0 atom stereocenters. The number of halogens is 2. The van der Waals surface area contributed by atoms with Crippen LogP contribution in [0.2, 0.25) is 0 Å². The first-order valence-corrected chi connectivity index (χ1v) is 12.1. The molecule has 0 aromatic heterocycles. The highest BCUT2D eigenvalue weighted by molar-refractivity contribution is 7.92. The average Bonchev–Trinajstić information content (AvgIpc) is 2.87. The van der Waals surface area contributed by atoms with Crippen LogP contribution in [0.15, 0.2) is 95.9 Å². The zero-order chi connectivity index (χ0) is 25.7. The Morgan fingerprint density at radius 1 is 0.778 bits per heavy atom. The predicted molar refractivity (Wildman–Crippen MR) is 134 cm³/mol. The number of hydrogen-bond acceptors (Lipinski definition) is 5. The van der Waals surface area contributed by atoms with Gasteiger partial charge in [-0.25, -0.2) is 17.2 Å². The van der Waals surface area contributed by atoms with Crippen LogP contribution < -0.4 is 20.1 Å². The second-order valence-electron chi connectivity index (χ2n) is 7.61. The van der Waals surface area contributed by atoms with Crippen molar-refractivity contribution in [2.24, 2.45) is 0 Å². The Balaban J connectivity index is 1.47. The van der Waals surface area contributed by atoms with E-state index in [0.717, 1.165) is 29.3 Å². The van der Waals surface area contributed by atoms with Crippen LogP contribution in [0.1, 0.15) is 10.4 Å². The van der Waals surface area contributed by atoms with Crippen molar-refractivity contribution in [3.63, 3.8) is 0 Å². The molecule has 10 heteroatoms. The third kappa shape index (κ3) is 5.78. The van der Waals surface area contributed by atoms with Crippen molar-refractivity contribution >= 4 is 38.7 Å². The van der Waals surface area contributed by atoms with Gasteiger partial charge >= 0.3 is 0 Å². The number of sulfonamides is 1. The SMILES string of the molecule is COc1ccc(Nc2ccc(NC(=O)c3ccccc3NS(=O)(=O)c3ccc(F)c(F)c3)cc2)cc1. The minimum Gasteiger partial charge on any atom is -0.497 e. The van der Waals surface area contributed by atoms with Crippen LogP contribution in [0.3, 0.4) is 0 Å². The number of carbonyl (C=O) groups excluding carboxylic acids is 1. The molecule has 0 aliphatic rings. The van der Waals surface area contributed by atoms with Gasteiger partial charge in [-0.15, -0.1) is 0 Å². The molecule has 184 valence electrons. The first-order chi connectivity index (χ1) is 17.2. The number of para-hydroxylation sites is 1. The van der Waals surface area contributed by atoms with Gasteiger partial charge < -0.3 is 15.4 Å². The van der Waals surface area contributed by atoms with Crippen molar-refractivity contribution in [3.05, 3.63) is 108 Å². The molecule has 4 aromatic rings. The number of nitrogens with one attached hydrogen (secondary N) is 3. The molecular formula is C26H21F2N3O4S. The number of anilines is 4. The van der Waals surface area contributed by atoms with E-state index in [1.165, 1.54) is 12.1 Å². The summed E-state index contributed by atoms with van der Waals surface area (Å²) in [5, 5.41) is 5.95. The van der Waals surface area contributed by atoms with E-state index in [9.17, 15) is 22.0 Å². The lowest BCUT2D eigenvalue weighted by Crippen LogP contribution is -2.18. The maximum atomic E-state index is 13.5. The lowest BCUT2D eigenvalue weighted by Gasteiger charge is -2.13. The first kappa shape index (κ1) is 24.7.